The molecule has 0 aromatic heterocycles. The second-order valence-corrected chi connectivity index (χ2v) is 11.8. The van der Waals surface area contributed by atoms with Gasteiger partial charge in [-0.05, 0) is 107 Å². The lowest BCUT2D eigenvalue weighted by atomic mass is 9.88. The number of ether oxygens (including phenoxy) is 1. The van der Waals surface area contributed by atoms with E-state index in [0.29, 0.717) is 18.8 Å². The van der Waals surface area contributed by atoms with Crippen molar-refractivity contribution in [1.29, 1.82) is 10.8 Å². The van der Waals surface area contributed by atoms with E-state index >= 15 is 0 Å². The van der Waals surface area contributed by atoms with Crippen LogP contribution in [0.25, 0.3) is 0 Å². The number of allylic oxidation sites excluding steroid dienone is 1. The van der Waals surface area contributed by atoms with Crippen LogP contribution in [0.5, 0.6) is 0 Å². The van der Waals surface area contributed by atoms with Gasteiger partial charge in [-0.2, -0.15) is 0 Å². The third kappa shape index (κ3) is 24.2. The highest BCUT2D eigenvalue weighted by atomic mass is 19.1. The van der Waals surface area contributed by atoms with Gasteiger partial charge in [0.25, 0.3) is 0 Å². The third-order valence-electron chi connectivity index (χ3n) is 7.62. The first-order chi connectivity index (χ1) is 24.1. The molecule has 286 valence electrons. The molecule has 3 rings (SSSR count). The number of benzene rings is 2. The summed E-state index contributed by atoms with van der Waals surface area (Å²) >= 11 is 0. The number of Topliss-reactive ketones (excluding diaryl/α,β-unsaturated/α-hetero) is 1. The second-order valence-electron chi connectivity index (χ2n) is 11.8. The molecular formula is C44H76FN3O2. The molecule has 1 aliphatic carbocycles. The van der Waals surface area contributed by atoms with Gasteiger partial charge in [0.2, 0.25) is 0 Å². The molecule has 50 heavy (non-hydrogen) atoms. The summed E-state index contributed by atoms with van der Waals surface area (Å²) in [6.45, 7) is 25.1. The topological polar surface area (TPSA) is 86.0 Å². The zero-order chi connectivity index (χ0) is 38.7. The largest absolute Gasteiger partial charge is 0.351 e. The Kier molecular flexibility index (Phi) is 36.9. The van der Waals surface area contributed by atoms with Crippen molar-refractivity contribution in [1.82, 2.24) is 5.32 Å². The lowest BCUT2D eigenvalue weighted by Crippen LogP contribution is -2.22. The van der Waals surface area contributed by atoms with Gasteiger partial charge in [0.05, 0.1) is 0 Å². The van der Waals surface area contributed by atoms with Crippen LogP contribution in [0.1, 0.15) is 172 Å². The van der Waals surface area contributed by atoms with E-state index in [-0.39, 0.29) is 6.04 Å². The molecule has 1 atom stereocenters. The molecular weight excluding hydrogens is 622 g/mol. The zero-order valence-electron chi connectivity index (χ0n) is 34.3. The number of halogens is 1. The molecule has 2 aromatic rings. The third-order valence-corrected chi connectivity index (χ3v) is 7.62. The molecule has 0 heterocycles. The lowest BCUT2D eigenvalue weighted by molar-refractivity contribution is 0.0672. The first-order valence-corrected chi connectivity index (χ1v) is 19.5. The minimum absolute atomic E-state index is 0.274. The number of rotatable bonds is 16. The molecule has 0 radical (unpaired) electrons. The van der Waals surface area contributed by atoms with Crippen LogP contribution >= 0.6 is 0 Å². The number of hydrogen-bond donors (Lipinski definition) is 3. The fourth-order valence-corrected chi connectivity index (χ4v) is 5.36. The second kappa shape index (κ2) is 35.9. The fourth-order valence-electron chi connectivity index (χ4n) is 5.36. The van der Waals surface area contributed by atoms with Crippen molar-refractivity contribution in [2.45, 2.75) is 160 Å². The average molecular weight is 698 g/mol. The van der Waals surface area contributed by atoms with Crippen molar-refractivity contribution >= 4 is 17.7 Å². The number of carbonyl (C=O) groups excluding carboxylic acids is 1. The van der Waals surface area contributed by atoms with Crippen molar-refractivity contribution in [2.24, 2.45) is 0 Å². The highest BCUT2D eigenvalue weighted by Gasteiger charge is 2.17. The van der Waals surface area contributed by atoms with E-state index < -0.39 is 6.86 Å². The van der Waals surface area contributed by atoms with Gasteiger partial charge < -0.3 is 20.9 Å². The molecule has 6 heteroatoms. The summed E-state index contributed by atoms with van der Waals surface area (Å²) in [5, 5.41) is 17.4. The summed E-state index contributed by atoms with van der Waals surface area (Å²) in [6, 6.07) is 13.2. The monoisotopic (exact) mass is 698 g/mol. The number of alkyl halides is 1. The number of aryl methyl sites for hydroxylation is 2. The SMILES string of the molecule is CC.CC.CC=N.CCCC(=N)Cc1cccc(C)c1.CCCC(=O)c1cc(C(C)NCC2=CCCC2)cc(CCC)c1CC.CCOCF. The van der Waals surface area contributed by atoms with Crippen LogP contribution in [0.4, 0.5) is 4.39 Å². The van der Waals surface area contributed by atoms with Crippen LogP contribution in [0.3, 0.4) is 0 Å². The highest BCUT2D eigenvalue weighted by molar-refractivity contribution is 5.98. The van der Waals surface area contributed by atoms with Gasteiger partial charge in [0.1, 0.15) is 0 Å². The number of nitrogens with one attached hydrogen (secondary N) is 3. The fraction of sp³-hybridized carbons (Fsp3) is 0.614. The van der Waals surface area contributed by atoms with Crippen molar-refractivity contribution in [3.8, 4) is 0 Å². The molecule has 1 aliphatic rings. The van der Waals surface area contributed by atoms with Crippen molar-refractivity contribution in [3.05, 3.63) is 81.4 Å². The molecule has 1 unspecified atom stereocenters. The normalized spacial score (nSPS) is 11.6. The van der Waals surface area contributed by atoms with Gasteiger partial charge in [-0.15, -0.1) is 0 Å². The maximum atomic E-state index is 12.7. The Bertz CT molecular complexity index is 1170. The van der Waals surface area contributed by atoms with E-state index in [4.69, 9.17) is 10.8 Å². The molecule has 0 saturated heterocycles. The number of ketones is 1. The highest BCUT2D eigenvalue weighted by Crippen LogP contribution is 2.26. The molecule has 0 spiro atoms. The lowest BCUT2D eigenvalue weighted by Gasteiger charge is -2.20. The van der Waals surface area contributed by atoms with Gasteiger partial charge in [0.15, 0.2) is 12.6 Å². The standard InChI is InChI=1S/C23H35NO.C12H17N.C3H7FO.C2H5N.2C2H6/c1-5-10-19-14-20(17(4)24-16-18-12-8-9-13-18)15-22(21(19)7-3)23(25)11-6-2;1-3-5-12(13)9-11-7-4-6-10(2)8-11;1-2-5-3-4;1-2-3;2*1-2/h12,14-15,17,24H,5-11,13,16H2,1-4H3;4,6-8,13H,3,5,9H2,1-2H3;2-3H2,1H3;2-3H,1H3;2*1-2H3. The van der Waals surface area contributed by atoms with Gasteiger partial charge >= 0.3 is 0 Å². The Morgan fingerprint density at radius 2 is 1.64 bits per heavy atom. The van der Waals surface area contributed by atoms with Crippen molar-refractivity contribution in [3.63, 3.8) is 0 Å². The molecule has 0 saturated carbocycles. The molecule has 0 amide bonds. The quantitative estimate of drug-likeness (QED) is 0.0927. The summed E-state index contributed by atoms with van der Waals surface area (Å²) in [5.41, 5.74) is 9.80. The summed E-state index contributed by atoms with van der Waals surface area (Å²) in [4.78, 5) is 12.7. The van der Waals surface area contributed by atoms with Crippen LogP contribution in [-0.4, -0.2) is 37.7 Å². The Hall–Kier alpha value is -2.96. The van der Waals surface area contributed by atoms with E-state index in [1.54, 1.807) is 13.8 Å². The molecule has 0 fully saturated rings. The number of carbonyl (C=O) groups is 1. The smallest absolute Gasteiger partial charge is 0.188 e. The molecule has 2 aromatic carbocycles. The van der Waals surface area contributed by atoms with E-state index in [2.05, 4.69) is 94.1 Å². The average Bonchev–Trinajstić information content (AvgIpc) is 3.64. The van der Waals surface area contributed by atoms with E-state index in [1.165, 1.54) is 58.9 Å². The predicted octanol–water partition coefficient (Wildman–Crippen LogP) is 13.0. The van der Waals surface area contributed by atoms with Crippen LogP contribution in [0, 0.1) is 17.7 Å². The maximum absolute atomic E-state index is 12.7. The Morgan fingerprint density at radius 1 is 1.00 bits per heavy atom. The molecule has 0 bridgehead atoms. The Balaban J connectivity index is -0.000000735. The zero-order valence-corrected chi connectivity index (χ0v) is 34.3. The van der Waals surface area contributed by atoms with Crippen LogP contribution in [0.2, 0.25) is 0 Å². The molecule has 5 nitrogen and oxygen atoms in total. The first kappa shape index (κ1) is 51.4. The summed E-state index contributed by atoms with van der Waals surface area (Å²) in [6.07, 6.45) is 14.9. The van der Waals surface area contributed by atoms with Crippen molar-refractivity contribution in [2.75, 3.05) is 20.0 Å². The summed E-state index contributed by atoms with van der Waals surface area (Å²) in [7, 11) is 0. The maximum Gasteiger partial charge on any atom is 0.188 e. The van der Waals surface area contributed by atoms with Gasteiger partial charge in [0, 0.05) is 43.3 Å². The van der Waals surface area contributed by atoms with E-state index in [1.807, 2.05) is 27.7 Å². The molecule has 0 aliphatic heterocycles. The van der Waals surface area contributed by atoms with Gasteiger partial charge in [-0.1, -0.05) is 116 Å². The van der Waals surface area contributed by atoms with Crippen LogP contribution < -0.4 is 5.32 Å². The minimum atomic E-state index is -0.656. The summed E-state index contributed by atoms with van der Waals surface area (Å²) < 4.78 is 14.9. The Labute approximate surface area is 308 Å². The van der Waals surface area contributed by atoms with Gasteiger partial charge in [-0.3, -0.25) is 4.79 Å². The van der Waals surface area contributed by atoms with Crippen LogP contribution in [0.15, 0.2) is 48.0 Å². The van der Waals surface area contributed by atoms with Crippen LogP contribution in [-0.2, 0) is 24.0 Å². The van der Waals surface area contributed by atoms with E-state index in [9.17, 15) is 9.18 Å². The predicted molar refractivity (Wildman–Crippen MR) is 220 cm³/mol. The first-order valence-electron chi connectivity index (χ1n) is 19.5. The summed E-state index contributed by atoms with van der Waals surface area (Å²) in [5.74, 6) is 0.309. The van der Waals surface area contributed by atoms with Crippen molar-refractivity contribution < 1.29 is 13.9 Å². The Morgan fingerprint density at radius 3 is 2.10 bits per heavy atom. The van der Waals surface area contributed by atoms with E-state index in [0.717, 1.165) is 62.8 Å². The minimum Gasteiger partial charge on any atom is -0.351 e. The number of hydrogen-bond acceptors (Lipinski definition) is 5. The van der Waals surface area contributed by atoms with Gasteiger partial charge in [-0.25, -0.2) is 4.39 Å². The molecule has 3 N–H and O–H groups in total.